The molecular weight excluding hydrogens is 454 g/mol. The Hall–Kier alpha value is -3.85. The summed E-state index contributed by atoms with van der Waals surface area (Å²) in [5.74, 6) is -1.34. The number of hydrogen-bond donors (Lipinski definition) is 2. The molecule has 1 fully saturated rings. The molecule has 1 aliphatic heterocycles. The lowest BCUT2D eigenvalue weighted by Gasteiger charge is -2.22. The summed E-state index contributed by atoms with van der Waals surface area (Å²) < 4.78 is 39.7. The van der Waals surface area contributed by atoms with Crippen LogP contribution in [0.3, 0.4) is 0 Å². The Balaban J connectivity index is 1.53. The molecule has 3 aromatic rings. The molecular formula is C26H26F2N4O3. The van der Waals surface area contributed by atoms with Gasteiger partial charge in [0.15, 0.2) is 5.76 Å². The van der Waals surface area contributed by atoms with Crippen LogP contribution < -0.4 is 5.32 Å². The fourth-order valence-electron chi connectivity index (χ4n) is 3.90. The number of aromatic nitrogens is 2. The fraction of sp³-hybridized carbons (Fsp3) is 0.269. The van der Waals surface area contributed by atoms with Gasteiger partial charge in [0.1, 0.15) is 24.8 Å². The maximum absolute atomic E-state index is 14.8. The van der Waals surface area contributed by atoms with Crippen molar-refractivity contribution in [2.24, 2.45) is 0 Å². The number of carbonyl (C=O) groups excluding carboxylic acids is 1. The van der Waals surface area contributed by atoms with Gasteiger partial charge < -0.3 is 14.8 Å². The van der Waals surface area contributed by atoms with Crippen LogP contribution in [0, 0.1) is 11.2 Å². The number of allylic oxidation sites excluding steroid dienone is 1. The number of halogens is 2. The number of hydrogen-bond acceptors (Lipinski definition) is 6. The maximum atomic E-state index is 14.8. The van der Waals surface area contributed by atoms with Crippen LogP contribution in [0.2, 0.25) is 0 Å². The molecule has 9 heteroatoms. The Morgan fingerprint density at radius 2 is 1.97 bits per heavy atom. The second-order valence-electron chi connectivity index (χ2n) is 7.98. The van der Waals surface area contributed by atoms with E-state index in [1.807, 2.05) is 24.3 Å². The fourth-order valence-corrected chi connectivity index (χ4v) is 3.90. The third-order valence-electron chi connectivity index (χ3n) is 5.73. The van der Waals surface area contributed by atoms with Gasteiger partial charge in [0.25, 0.3) is 0 Å². The van der Waals surface area contributed by atoms with Gasteiger partial charge in [-0.1, -0.05) is 24.3 Å². The Morgan fingerprint density at radius 1 is 1.20 bits per heavy atom. The van der Waals surface area contributed by atoms with E-state index in [1.165, 1.54) is 23.0 Å². The van der Waals surface area contributed by atoms with Gasteiger partial charge in [0.05, 0.1) is 23.3 Å². The Morgan fingerprint density at radius 3 is 2.69 bits per heavy atom. The molecule has 4 rings (SSSR count). The van der Waals surface area contributed by atoms with Gasteiger partial charge in [-0.15, -0.1) is 0 Å². The molecule has 35 heavy (non-hydrogen) atoms. The zero-order valence-electron chi connectivity index (χ0n) is 19.0. The molecule has 0 amide bonds. The van der Waals surface area contributed by atoms with Crippen molar-refractivity contribution in [3.8, 4) is 5.69 Å². The number of rotatable bonds is 10. The van der Waals surface area contributed by atoms with Gasteiger partial charge in [0, 0.05) is 19.4 Å². The Labute approximate surface area is 201 Å². The van der Waals surface area contributed by atoms with Gasteiger partial charge in [-0.25, -0.2) is 13.5 Å². The molecule has 0 spiro atoms. The van der Waals surface area contributed by atoms with Gasteiger partial charge in [0.2, 0.25) is 5.78 Å². The van der Waals surface area contributed by atoms with Crippen LogP contribution in [0.1, 0.15) is 30.0 Å². The largest absolute Gasteiger partial charge is 0.485 e. The van der Waals surface area contributed by atoms with Crippen molar-refractivity contribution in [1.29, 1.82) is 5.41 Å². The van der Waals surface area contributed by atoms with E-state index in [0.717, 1.165) is 24.6 Å². The predicted molar refractivity (Wildman–Crippen MR) is 128 cm³/mol. The number of Topliss-reactive ketones (excluding diaryl/α,β-unsaturated/α-hetero) is 1. The van der Waals surface area contributed by atoms with Crippen molar-refractivity contribution in [3.63, 3.8) is 0 Å². The van der Waals surface area contributed by atoms with E-state index >= 15 is 0 Å². The Kier molecular flexibility index (Phi) is 7.99. The summed E-state index contributed by atoms with van der Waals surface area (Å²) in [5.41, 5.74) is 1.54. The molecule has 2 aromatic carbocycles. The lowest BCUT2D eigenvalue weighted by Crippen LogP contribution is -2.22. The van der Waals surface area contributed by atoms with E-state index < -0.39 is 24.0 Å². The van der Waals surface area contributed by atoms with Gasteiger partial charge in [-0.05, 0) is 54.7 Å². The molecule has 0 unspecified atom stereocenters. The number of benzene rings is 2. The van der Waals surface area contributed by atoms with E-state index in [9.17, 15) is 13.6 Å². The standard InChI is InChI=1S/C26H26F2N4O3/c27-11-15-35-24(17-30-22-7-6-19(16-21(22)28)18-9-13-34-14-10-18)26(33)25(29)23-8-12-31-32(23)20-4-2-1-3-5-20/h1-8,12,16-18,29-30H,9-11,13-15H2/b24-17+,29-25?. The minimum Gasteiger partial charge on any atom is -0.485 e. The first kappa shape index (κ1) is 24.3. The van der Waals surface area contributed by atoms with Crippen LogP contribution in [-0.4, -0.2) is 47.8 Å². The van der Waals surface area contributed by atoms with Crippen LogP contribution in [-0.2, 0) is 14.3 Å². The van der Waals surface area contributed by atoms with E-state index in [2.05, 4.69) is 10.4 Å². The minimum absolute atomic E-state index is 0.135. The molecule has 2 N–H and O–H groups in total. The summed E-state index contributed by atoms with van der Waals surface area (Å²) in [6.07, 6.45) is 4.30. The predicted octanol–water partition coefficient (Wildman–Crippen LogP) is 4.78. The molecule has 0 atom stereocenters. The van der Waals surface area contributed by atoms with Crippen molar-refractivity contribution < 1.29 is 23.0 Å². The van der Waals surface area contributed by atoms with Gasteiger partial charge in [-0.3, -0.25) is 10.2 Å². The molecule has 2 heterocycles. The Bertz CT molecular complexity index is 1200. The zero-order chi connectivity index (χ0) is 24.6. The van der Waals surface area contributed by atoms with Crippen molar-refractivity contribution in [2.75, 3.05) is 31.8 Å². The number of carbonyl (C=O) groups is 1. The van der Waals surface area contributed by atoms with Crippen molar-refractivity contribution in [2.45, 2.75) is 18.8 Å². The highest BCUT2D eigenvalue weighted by atomic mass is 19.1. The molecule has 1 aliphatic rings. The molecule has 0 radical (unpaired) electrons. The molecule has 1 aromatic heterocycles. The highest BCUT2D eigenvalue weighted by Gasteiger charge is 2.23. The third kappa shape index (κ3) is 5.81. The number of ether oxygens (including phenoxy) is 2. The lowest BCUT2D eigenvalue weighted by molar-refractivity contribution is -0.113. The van der Waals surface area contributed by atoms with Crippen LogP contribution in [0.5, 0.6) is 0 Å². The minimum atomic E-state index is -0.825. The number of anilines is 1. The maximum Gasteiger partial charge on any atom is 0.248 e. The van der Waals surface area contributed by atoms with Crippen LogP contribution >= 0.6 is 0 Å². The summed E-state index contributed by atoms with van der Waals surface area (Å²) in [6.45, 7) is 0.104. The van der Waals surface area contributed by atoms with Crippen LogP contribution in [0.4, 0.5) is 14.5 Å². The quantitative estimate of drug-likeness (QED) is 0.248. The summed E-state index contributed by atoms with van der Waals surface area (Å²) in [4.78, 5) is 13.1. The van der Waals surface area contributed by atoms with Crippen molar-refractivity contribution in [1.82, 2.24) is 9.78 Å². The second-order valence-corrected chi connectivity index (χ2v) is 7.98. The number of ketones is 1. The smallest absolute Gasteiger partial charge is 0.248 e. The molecule has 182 valence electrons. The monoisotopic (exact) mass is 480 g/mol. The van der Waals surface area contributed by atoms with E-state index in [-0.39, 0.29) is 29.7 Å². The number of para-hydroxylation sites is 1. The normalized spacial score (nSPS) is 14.5. The van der Waals surface area contributed by atoms with E-state index in [4.69, 9.17) is 14.9 Å². The number of nitrogens with one attached hydrogen (secondary N) is 2. The first-order valence-corrected chi connectivity index (χ1v) is 11.3. The number of alkyl halides is 1. The zero-order valence-corrected chi connectivity index (χ0v) is 19.0. The van der Waals surface area contributed by atoms with Crippen LogP contribution in [0.15, 0.2) is 72.8 Å². The van der Waals surface area contributed by atoms with Crippen LogP contribution in [0.25, 0.3) is 5.69 Å². The first-order chi connectivity index (χ1) is 17.1. The summed E-state index contributed by atoms with van der Waals surface area (Å²) in [5, 5.41) is 15.4. The average Bonchev–Trinajstić information content (AvgIpc) is 3.40. The summed E-state index contributed by atoms with van der Waals surface area (Å²) >= 11 is 0. The second kappa shape index (κ2) is 11.5. The lowest BCUT2D eigenvalue weighted by atomic mass is 9.91. The topological polar surface area (TPSA) is 89.2 Å². The molecule has 0 aliphatic carbocycles. The molecule has 0 saturated carbocycles. The highest BCUT2D eigenvalue weighted by molar-refractivity contribution is 6.49. The number of nitrogens with zero attached hydrogens (tertiary/aromatic N) is 2. The average molecular weight is 481 g/mol. The van der Waals surface area contributed by atoms with Gasteiger partial charge in [-0.2, -0.15) is 5.10 Å². The molecule has 0 bridgehead atoms. The first-order valence-electron chi connectivity index (χ1n) is 11.3. The molecule has 1 saturated heterocycles. The van der Waals surface area contributed by atoms with Crippen molar-refractivity contribution in [3.05, 3.63) is 89.8 Å². The summed E-state index contributed by atoms with van der Waals surface area (Å²) in [6, 6.07) is 15.5. The van der Waals surface area contributed by atoms with Crippen molar-refractivity contribution >= 4 is 17.2 Å². The molecule has 7 nitrogen and oxygen atoms in total. The summed E-state index contributed by atoms with van der Waals surface area (Å²) in [7, 11) is 0. The van der Waals surface area contributed by atoms with E-state index in [1.54, 1.807) is 18.2 Å². The SMILES string of the molecule is N=C(C(=O)/C(=C\Nc1ccc(C2CCOCC2)cc1F)OCCF)c1ccnn1-c1ccccc1. The van der Waals surface area contributed by atoms with Gasteiger partial charge >= 0.3 is 0 Å². The third-order valence-corrected chi connectivity index (χ3v) is 5.73. The highest BCUT2D eigenvalue weighted by Crippen LogP contribution is 2.29. The van der Waals surface area contributed by atoms with E-state index in [0.29, 0.717) is 18.9 Å².